The van der Waals surface area contributed by atoms with Gasteiger partial charge in [0, 0.05) is 0 Å². The normalized spacial score (nSPS) is 23.1. The van der Waals surface area contributed by atoms with Crippen molar-refractivity contribution in [3.63, 3.8) is 0 Å². The molecule has 1 unspecified atom stereocenters. The van der Waals surface area contributed by atoms with Gasteiger partial charge in [-0.05, 0) is 11.6 Å². The van der Waals surface area contributed by atoms with Gasteiger partial charge in [-0.15, -0.1) is 0 Å². The Labute approximate surface area is 97.5 Å². The van der Waals surface area contributed by atoms with Gasteiger partial charge < -0.3 is 0 Å². The van der Waals surface area contributed by atoms with Crippen LogP contribution >= 0.6 is 0 Å². The van der Waals surface area contributed by atoms with E-state index in [1.165, 1.54) is 18.2 Å². The molecule has 0 fully saturated rings. The van der Waals surface area contributed by atoms with E-state index in [9.17, 15) is 23.1 Å². The molecule has 0 spiro atoms. The number of hydrogen-bond acceptors (Lipinski definition) is 4. The maximum absolute atomic E-state index is 11.4. The molecule has 1 aliphatic rings. The first-order valence-corrected chi connectivity index (χ1v) is 6.21. The molecule has 7 heteroatoms. The lowest BCUT2D eigenvalue weighted by atomic mass is 9.92. The summed E-state index contributed by atoms with van der Waals surface area (Å²) < 4.78 is 32.0. The second-order valence-corrected chi connectivity index (χ2v) is 5.34. The van der Waals surface area contributed by atoms with Crippen LogP contribution < -0.4 is 0 Å². The molecule has 0 radical (unpaired) electrons. The molecule has 1 N–H and O–H groups in total. The largest absolute Gasteiger partial charge is 0.371 e. The third kappa shape index (κ3) is 1.55. The maximum atomic E-state index is 11.4. The number of nitro groups is 1. The Kier molecular flexibility index (Phi) is 2.52. The maximum Gasteiger partial charge on any atom is 0.371 e. The van der Waals surface area contributed by atoms with Crippen LogP contribution in [-0.2, 0) is 15.0 Å². The van der Waals surface area contributed by atoms with Crippen LogP contribution in [0.2, 0.25) is 0 Å². The van der Waals surface area contributed by atoms with Crippen LogP contribution in [0.15, 0.2) is 30.3 Å². The summed E-state index contributed by atoms with van der Waals surface area (Å²) in [5, 5.41) is 11.1. The van der Waals surface area contributed by atoms with Crippen molar-refractivity contribution in [1.82, 2.24) is 0 Å². The molecule has 1 aromatic rings. The molecule has 0 aromatic heterocycles. The Morgan fingerprint density at radius 1 is 1.35 bits per heavy atom. The molecule has 1 atom stereocenters. The highest BCUT2D eigenvalue weighted by molar-refractivity contribution is 7.86. The Bertz CT molecular complexity index is 607. The van der Waals surface area contributed by atoms with E-state index < -0.39 is 19.9 Å². The molecule has 0 amide bonds. The van der Waals surface area contributed by atoms with Gasteiger partial charge in [0.25, 0.3) is 0 Å². The van der Waals surface area contributed by atoms with Gasteiger partial charge in [0.05, 0.1) is 16.9 Å². The lowest BCUT2D eigenvalue weighted by Crippen LogP contribution is -2.44. The molecular weight excluding hydrogens is 246 g/mol. The van der Waals surface area contributed by atoms with Crippen LogP contribution in [0.25, 0.3) is 6.08 Å². The Balaban J connectivity index is 2.82. The summed E-state index contributed by atoms with van der Waals surface area (Å²) in [4.78, 5) is 7.68. The summed E-state index contributed by atoms with van der Waals surface area (Å²) in [6.07, 6.45) is 2.59. The molecule has 0 aliphatic heterocycles. The Morgan fingerprint density at radius 3 is 2.59 bits per heavy atom. The summed E-state index contributed by atoms with van der Waals surface area (Å²) in [5.41, 5.74) is 0.420. The molecule has 2 rings (SSSR count). The monoisotopic (exact) mass is 255 g/mol. The van der Waals surface area contributed by atoms with Crippen molar-refractivity contribution >= 4 is 16.2 Å². The van der Waals surface area contributed by atoms with E-state index in [0.29, 0.717) is 5.56 Å². The first-order chi connectivity index (χ1) is 7.89. The average Bonchev–Trinajstić information content (AvgIpc) is 2.26. The summed E-state index contributed by atoms with van der Waals surface area (Å²) in [6, 6.07) is 6.05. The molecule has 0 saturated heterocycles. The number of nitrogens with zero attached hydrogens (tertiary/aromatic N) is 1. The number of benzene rings is 1. The zero-order valence-electron chi connectivity index (χ0n) is 8.61. The zero-order valence-corrected chi connectivity index (χ0v) is 9.42. The summed E-state index contributed by atoms with van der Waals surface area (Å²) in [6.45, 7) is 0. The van der Waals surface area contributed by atoms with Crippen molar-refractivity contribution in [2.75, 3.05) is 0 Å². The fourth-order valence-electron chi connectivity index (χ4n) is 1.97. The van der Waals surface area contributed by atoms with Gasteiger partial charge in [-0.3, -0.25) is 14.7 Å². The van der Waals surface area contributed by atoms with E-state index in [1.807, 2.05) is 0 Å². The Hall–Kier alpha value is -1.73. The predicted octanol–water partition coefficient (Wildman–Crippen LogP) is 1.42. The highest BCUT2D eigenvalue weighted by atomic mass is 32.2. The fraction of sp³-hybridized carbons (Fsp3) is 0.200. The number of rotatable bonds is 2. The smallest absolute Gasteiger partial charge is 0.280 e. The molecule has 90 valence electrons. The number of fused-ring (bicyclic) bond motifs is 1. The lowest BCUT2D eigenvalue weighted by Gasteiger charge is -2.25. The Morgan fingerprint density at radius 2 is 2.00 bits per heavy atom. The molecule has 6 nitrogen and oxygen atoms in total. The van der Waals surface area contributed by atoms with Crippen LogP contribution in [-0.4, -0.2) is 17.9 Å². The summed E-state index contributed by atoms with van der Waals surface area (Å²) in [7, 11) is -4.85. The first-order valence-electron chi connectivity index (χ1n) is 4.77. The third-order valence-corrected chi connectivity index (χ3v) is 4.18. The second-order valence-electron chi connectivity index (χ2n) is 3.71. The molecule has 0 bridgehead atoms. The van der Waals surface area contributed by atoms with Crippen molar-refractivity contribution in [1.29, 1.82) is 0 Å². The minimum atomic E-state index is -4.85. The fourth-order valence-corrected chi connectivity index (χ4v) is 2.92. The topological polar surface area (TPSA) is 97.5 Å². The van der Waals surface area contributed by atoms with Gasteiger partial charge >= 0.3 is 15.0 Å². The predicted molar refractivity (Wildman–Crippen MR) is 60.3 cm³/mol. The van der Waals surface area contributed by atoms with Crippen molar-refractivity contribution in [2.45, 2.75) is 11.3 Å². The summed E-state index contributed by atoms with van der Waals surface area (Å²) >= 11 is 0. The molecule has 0 saturated carbocycles. The lowest BCUT2D eigenvalue weighted by molar-refractivity contribution is -0.549. The van der Waals surface area contributed by atoms with Crippen LogP contribution in [0, 0.1) is 10.1 Å². The van der Waals surface area contributed by atoms with Crippen molar-refractivity contribution < 1.29 is 17.9 Å². The quantitative estimate of drug-likeness (QED) is 0.489. The van der Waals surface area contributed by atoms with E-state index in [0.717, 1.165) is 0 Å². The molecular formula is C10H9NO5S. The van der Waals surface area contributed by atoms with E-state index in [2.05, 4.69) is 0 Å². The summed E-state index contributed by atoms with van der Waals surface area (Å²) in [5.74, 6) is 0. The second kappa shape index (κ2) is 3.64. The standard InChI is InChI=1S/C10H9NO5S/c12-11(13)10(17(14,15)16)7-3-5-8-4-1-2-6-9(8)10/h1-6H,7H2,(H,14,15,16). The van der Waals surface area contributed by atoms with Gasteiger partial charge in [0.2, 0.25) is 0 Å². The van der Waals surface area contributed by atoms with Crippen molar-refractivity contribution in [2.24, 2.45) is 0 Å². The highest BCUT2D eigenvalue weighted by Gasteiger charge is 2.58. The van der Waals surface area contributed by atoms with Crippen LogP contribution in [0.5, 0.6) is 0 Å². The van der Waals surface area contributed by atoms with E-state index in [-0.39, 0.29) is 12.0 Å². The van der Waals surface area contributed by atoms with Crippen molar-refractivity contribution in [3.8, 4) is 0 Å². The van der Waals surface area contributed by atoms with E-state index in [4.69, 9.17) is 0 Å². The van der Waals surface area contributed by atoms with Gasteiger partial charge in [-0.1, -0.05) is 30.4 Å². The van der Waals surface area contributed by atoms with Gasteiger partial charge in [0.1, 0.15) is 0 Å². The van der Waals surface area contributed by atoms with Crippen LogP contribution in [0.3, 0.4) is 0 Å². The number of hydrogen-bond donors (Lipinski definition) is 1. The SMILES string of the molecule is O=[N+]([O-])C1(S(=O)(=O)O)CC=Cc2ccccc21. The van der Waals surface area contributed by atoms with Crippen molar-refractivity contribution in [3.05, 3.63) is 51.6 Å². The van der Waals surface area contributed by atoms with E-state index >= 15 is 0 Å². The third-order valence-electron chi connectivity index (χ3n) is 2.80. The first kappa shape index (κ1) is 11.7. The van der Waals surface area contributed by atoms with Gasteiger partial charge in [-0.25, -0.2) is 0 Å². The minimum Gasteiger partial charge on any atom is -0.280 e. The van der Waals surface area contributed by atoms with Gasteiger partial charge in [0.15, 0.2) is 0 Å². The van der Waals surface area contributed by atoms with E-state index in [1.54, 1.807) is 18.2 Å². The highest BCUT2D eigenvalue weighted by Crippen LogP contribution is 2.40. The molecule has 17 heavy (non-hydrogen) atoms. The molecule has 0 heterocycles. The zero-order chi connectivity index (χ0) is 12.7. The van der Waals surface area contributed by atoms with Crippen LogP contribution in [0.4, 0.5) is 0 Å². The minimum absolute atomic E-state index is 0.00463. The van der Waals surface area contributed by atoms with Crippen LogP contribution in [0.1, 0.15) is 17.5 Å². The average molecular weight is 255 g/mol. The molecule has 1 aromatic carbocycles. The van der Waals surface area contributed by atoms with Gasteiger partial charge in [-0.2, -0.15) is 8.42 Å². The molecule has 1 aliphatic carbocycles.